The summed E-state index contributed by atoms with van der Waals surface area (Å²) in [7, 11) is 0. The highest BCUT2D eigenvalue weighted by atomic mass is 16.5. The smallest absolute Gasteiger partial charge is 0.276 e. The first-order chi connectivity index (χ1) is 13.1. The summed E-state index contributed by atoms with van der Waals surface area (Å²) >= 11 is 0. The van der Waals surface area contributed by atoms with Crippen LogP contribution in [0.4, 0.5) is 0 Å². The third kappa shape index (κ3) is 4.95. The van der Waals surface area contributed by atoms with Gasteiger partial charge in [0.25, 0.3) is 11.8 Å². The summed E-state index contributed by atoms with van der Waals surface area (Å²) in [5.74, 6) is -0.223. The molecule has 2 amide bonds. The first kappa shape index (κ1) is 18.2. The standard InChI is InChI=1S/C22H20N2O3/c1-16-8-7-11-18(14-16)22(26)24-23-21(25)15-27-20-13-6-5-12-19(20)17-9-3-2-4-10-17/h2-14H,15H2,1H3,(H,23,25)(H,24,26). The van der Waals surface area contributed by atoms with E-state index >= 15 is 0 Å². The van der Waals surface area contributed by atoms with Gasteiger partial charge in [0.2, 0.25) is 0 Å². The molecular formula is C22H20N2O3. The zero-order valence-corrected chi connectivity index (χ0v) is 14.9. The number of hydrogen-bond acceptors (Lipinski definition) is 3. The molecule has 0 aliphatic heterocycles. The third-order valence-corrected chi connectivity index (χ3v) is 3.93. The van der Waals surface area contributed by atoms with Gasteiger partial charge >= 0.3 is 0 Å². The van der Waals surface area contributed by atoms with Crippen LogP contribution in [0.5, 0.6) is 5.75 Å². The van der Waals surface area contributed by atoms with E-state index in [1.807, 2.05) is 61.5 Å². The van der Waals surface area contributed by atoms with E-state index in [2.05, 4.69) is 10.9 Å². The fraction of sp³-hybridized carbons (Fsp3) is 0.0909. The summed E-state index contributed by atoms with van der Waals surface area (Å²) in [6.45, 7) is 1.69. The molecule has 0 bridgehead atoms. The molecule has 5 nitrogen and oxygen atoms in total. The van der Waals surface area contributed by atoms with Gasteiger partial charge in [-0.3, -0.25) is 20.4 Å². The Morgan fingerprint density at radius 1 is 0.852 bits per heavy atom. The van der Waals surface area contributed by atoms with Crippen LogP contribution in [0, 0.1) is 6.92 Å². The number of benzene rings is 3. The number of carbonyl (C=O) groups excluding carboxylic acids is 2. The fourth-order valence-corrected chi connectivity index (χ4v) is 2.61. The van der Waals surface area contributed by atoms with Crippen molar-refractivity contribution < 1.29 is 14.3 Å². The number of para-hydroxylation sites is 1. The van der Waals surface area contributed by atoms with Gasteiger partial charge in [-0.1, -0.05) is 66.2 Å². The molecule has 3 aromatic rings. The Kier molecular flexibility index (Phi) is 5.84. The zero-order chi connectivity index (χ0) is 19.1. The lowest BCUT2D eigenvalue weighted by Crippen LogP contribution is -2.43. The molecular weight excluding hydrogens is 340 g/mol. The molecule has 0 aliphatic carbocycles. The van der Waals surface area contributed by atoms with E-state index in [-0.39, 0.29) is 12.5 Å². The van der Waals surface area contributed by atoms with Gasteiger partial charge in [-0.2, -0.15) is 0 Å². The predicted molar refractivity (Wildman–Crippen MR) is 104 cm³/mol. The van der Waals surface area contributed by atoms with Gasteiger partial charge in [-0.15, -0.1) is 0 Å². The maximum atomic E-state index is 12.0. The van der Waals surface area contributed by atoms with E-state index in [9.17, 15) is 9.59 Å². The molecule has 0 aliphatic rings. The topological polar surface area (TPSA) is 67.4 Å². The lowest BCUT2D eigenvalue weighted by Gasteiger charge is -2.12. The molecule has 0 saturated heterocycles. The first-order valence-electron chi connectivity index (χ1n) is 8.56. The van der Waals surface area contributed by atoms with Crippen molar-refractivity contribution in [3.8, 4) is 16.9 Å². The summed E-state index contributed by atoms with van der Waals surface area (Å²) in [6.07, 6.45) is 0. The van der Waals surface area contributed by atoms with E-state index in [0.717, 1.165) is 16.7 Å². The van der Waals surface area contributed by atoms with Crippen molar-refractivity contribution >= 4 is 11.8 Å². The van der Waals surface area contributed by atoms with Crippen LogP contribution in [0.15, 0.2) is 78.9 Å². The van der Waals surface area contributed by atoms with Crippen molar-refractivity contribution in [2.24, 2.45) is 0 Å². The Bertz CT molecular complexity index is 939. The van der Waals surface area contributed by atoms with Crippen LogP contribution >= 0.6 is 0 Å². The number of hydrazine groups is 1. The van der Waals surface area contributed by atoms with Gasteiger partial charge < -0.3 is 4.74 Å². The van der Waals surface area contributed by atoms with Gasteiger partial charge in [-0.05, 0) is 30.7 Å². The minimum Gasteiger partial charge on any atom is -0.483 e. The summed E-state index contributed by atoms with van der Waals surface area (Å²) in [5.41, 5.74) is 8.10. The van der Waals surface area contributed by atoms with Crippen LogP contribution in [-0.4, -0.2) is 18.4 Å². The Labute approximate surface area is 158 Å². The quantitative estimate of drug-likeness (QED) is 0.684. The van der Waals surface area contributed by atoms with Crippen LogP contribution < -0.4 is 15.6 Å². The van der Waals surface area contributed by atoms with Crippen molar-refractivity contribution in [3.05, 3.63) is 90.0 Å². The highest BCUT2D eigenvalue weighted by molar-refractivity contribution is 5.95. The van der Waals surface area contributed by atoms with E-state index in [1.54, 1.807) is 24.3 Å². The average Bonchev–Trinajstić information content (AvgIpc) is 2.71. The molecule has 5 heteroatoms. The molecule has 2 N–H and O–H groups in total. The normalized spacial score (nSPS) is 10.1. The van der Waals surface area contributed by atoms with Gasteiger partial charge in [-0.25, -0.2) is 0 Å². The van der Waals surface area contributed by atoms with Gasteiger partial charge in [0.15, 0.2) is 6.61 Å². The highest BCUT2D eigenvalue weighted by Gasteiger charge is 2.10. The molecule has 0 saturated carbocycles. The first-order valence-corrected chi connectivity index (χ1v) is 8.56. The van der Waals surface area contributed by atoms with Crippen LogP contribution in [0.1, 0.15) is 15.9 Å². The van der Waals surface area contributed by atoms with Crippen molar-refractivity contribution in [1.82, 2.24) is 10.9 Å². The number of amides is 2. The second-order valence-corrected chi connectivity index (χ2v) is 6.02. The zero-order valence-electron chi connectivity index (χ0n) is 14.9. The number of rotatable bonds is 5. The molecule has 0 heterocycles. The Morgan fingerprint density at radius 3 is 2.37 bits per heavy atom. The maximum absolute atomic E-state index is 12.0. The maximum Gasteiger partial charge on any atom is 0.276 e. The van der Waals surface area contributed by atoms with Crippen LogP contribution in [0.2, 0.25) is 0 Å². The average molecular weight is 360 g/mol. The van der Waals surface area contributed by atoms with Crippen LogP contribution in [-0.2, 0) is 4.79 Å². The molecule has 0 unspecified atom stereocenters. The second kappa shape index (κ2) is 8.67. The van der Waals surface area contributed by atoms with Crippen molar-refractivity contribution in [3.63, 3.8) is 0 Å². The molecule has 0 fully saturated rings. The molecule has 27 heavy (non-hydrogen) atoms. The second-order valence-electron chi connectivity index (χ2n) is 6.02. The number of aryl methyl sites for hydroxylation is 1. The van der Waals surface area contributed by atoms with Crippen LogP contribution in [0.25, 0.3) is 11.1 Å². The number of carbonyl (C=O) groups is 2. The Morgan fingerprint density at radius 2 is 1.59 bits per heavy atom. The molecule has 0 radical (unpaired) electrons. The largest absolute Gasteiger partial charge is 0.483 e. The minimum atomic E-state index is -0.445. The number of nitrogens with one attached hydrogen (secondary N) is 2. The lowest BCUT2D eigenvalue weighted by molar-refractivity contribution is -0.123. The highest BCUT2D eigenvalue weighted by Crippen LogP contribution is 2.29. The molecule has 136 valence electrons. The van der Waals surface area contributed by atoms with E-state index in [0.29, 0.717) is 11.3 Å². The van der Waals surface area contributed by atoms with Gasteiger partial charge in [0.1, 0.15) is 5.75 Å². The molecule has 0 spiro atoms. The van der Waals surface area contributed by atoms with E-state index in [4.69, 9.17) is 4.74 Å². The van der Waals surface area contributed by atoms with Crippen molar-refractivity contribution in [2.45, 2.75) is 6.92 Å². The Balaban J connectivity index is 1.56. The van der Waals surface area contributed by atoms with Crippen molar-refractivity contribution in [2.75, 3.05) is 6.61 Å². The van der Waals surface area contributed by atoms with E-state index in [1.165, 1.54) is 0 Å². The van der Waals surface area contributed by atoms with Gasteiger partial charge in [0, 0.05) is 11.1 Å². The summed E-state index contributed by atoms with van der Waals surface area (Å²) in [6, 6.07) is 24.4. The lowest BCUT2D eigenvalue weighted by atomic mass is 10.1. The number of ether oxygens (including phenoxy) is 1. The van der Waals surface area contributed by atoms with E-state index < -0.39 is 5.91 Å². The molecule has 0 aromatic heterocycles. The predicted octanol–water partition coefficient (Wildman–Crippen LogP) is 3.50. The third-order valence-electron chi connectivity index (χ3n) is 3.93. The summed E-state index contributed by atoms with van der Waals surface area (Å²) in [4.78, 5) is 24.1. The minimum absolute atomic E-state index is 0.210. The summed E-state index contributed by atoms with van der Waals surface area (Å²) in [5, 5.41) is 0. The molecule has 3 aromatic carbocycles. The molecule has 0 atom stereocenters. The summed E-state index contributed by atoms with van der Waals surface area (Å²) < 4.78 is 5.65. The molecule has 3 rings (SSSR count). The van der Waals surface area contributed by atoms with Gasteiger partial charge in [0.05, 0.1) is 0 Å². The SMILES string of the molecule is Cc1cccc(C(=O)NNC(=O)COc2ccccc2-c2ccccc2)c1. The monoisotopic (exact) mass is 360 g/mol. The van der Waals surface area contributed by atoms with Crippen LogP contribution in [0.3, 0.4) is 0 Å². The van der Waals surface area contributed by atoms with Crippen molar-refractivity contribution in [1.29, 1.82) is 0 Å². The number of hydrogen-bond donors (Lipinski definition) is 2. The Hall–Kier alpha value is -3.60. The fourth-order valence-electron chi connectivity index (χ4n) is 2.61.